The Kier molecular flexibility index (Phi) is 7.71. The fourth-order valence-corrected chi connectivity index (χ4v) is 5.81. The average Bonchev–Trinajstić information content (AvgIpc) is 2.96. The standard InChI is InChI=1S/C22H35N3O3S/c1-18(2)20-9-11-21(12-10-20)29(27,28)25-15-7-8-19(17-25)16-22(26)23-24-13-5-3-4-6-14-24/h9-12,18-19H,3-8,13-17H2,1-2H3,(H,23,26). The number of hydrazine groups is 1. The van der Waals surface area contributed by atoms with Gasteiger partial charge < -0.3 is 0 Å². The first-order valence-corrected chi connectivity index (χ1v) is 12.4. The van der Waals surface area contributed by atoms with Gasteiger partial charge >= 0.3 is 0 Å². The highest BCUT2D eigenvalue weighted by atomic mass is 32.2. The Morgan fingerprint density at radius 1 is 1.03 bits per heavy atom. The van der Waals surface area contributed by atoms with Gasteiger partial charge in [0.1, 0.15) is 0 Å². The maximum absolute atomic E-state index is 13.1. The Hall–Kier alpha value is -1.44. The van der Waals surface area contributed by atoms with Crippen LogP contribution in [0.15, 0.2) is 29.2 Å². The van der Waals surface area contributed by atoms with Crippen LogP contribution < -0.4 is 5.43 Å². The van der Waals surface area contributed by atoms with Crippen LogP contribution in [-0.4, -0.2) is 49.8 Å². The molecule has 1 aromatic carbocycles. The molecule has 0 aliphatic carbocycles. The molecule has 7 heteroatoms. The van der Waals surface area contributed by atoms with E-state index in [-0.39, 0.29) is 11.8 Å². The number of benzene rings is 1. The Morgan fingerprint density at radius 2 is 1.69 bits per heavy atom. The van der Waals surface area contributed by atoms with Gasteiger partial charge in [-0.05, 0) is 55.2 Å². The molecule has 2 heterocycles. The van der Waals surface area contributed by atoms with Crippen molar-refractivity contribution in [1.82, 2.24) is 14.7 Å². The molecule has 1 N–H and O–H groups in total. The molecule has 162 valence electrons. The Morgan fingerprint density at radius 3 is 2.31 bits per heavy atom. The minimum absolute atomic E-state index is 0.0115. The third kappa shape index (κ3) is 6.03. The molecule has 2 aliphatic rings. The van der Waals surface area contributed by atoms with Crippen molar-refractivity contribution in [2.45, 2.75) is 69.6 Å². The van der Waals surface area contributed by atoms with Crippen LogP contribution in [-0.2, 0) is 14.8 Å². The summed E-state index contributed by atoms with van der Waals surface area (Å²) in [4.78, 5) is 12.8. The number of carbonyl (C=O) groups is 1. The van der Waals surface area contributed by atoms with Crippen LogP contribution in [0.5, 0.6) is 0 Å². The number of rotatable bonds is 6. The largest absolute Gasteiger partial charge is 0.289 e. The number of amides is 1. The van der Waals surface area contributed by atoms with Crippen LogP contribution in [0, 0.1) is 5.92 Å². The summed E-state index contributed by atoms with van der Waals surface area (Å²) in [6, 6.07) is 7.21. The summed E-state index contributed by atoms with van der Waals surface area (Å²) in [5.74, 6) is 0.451. The van der Waals surface area contributed by atoms with Gasteiger partial charge in [0.15, 0.2) is 0 Å². The highest BCUT2D eigenvalue weighted by Gasteiger charge is 2.31. The van der Waals surface area contributed by atoms with E-state index in [9.17, 15) is 13.2 Å². The van der Waals surface area contributed by atoms with Crippen LogP contribution in [0.4, 0.5) is 0 Å². The lowest BCUT2D eigenvalue weighted by atomic mass is 9.96. The number of piperidine rings is 1. The minimum atomic E-state index is -3.51. The van der Waals surface area contributed by atoms with Crippen molar-refractivity contribution >= 4 is 15.9 Å². The second-order valence-corrected chi connectivity index (χ2v) is 10.7. The minimum Gasteiger partial charge on any atom is -0.289 e. The van der Waals surface area contributed by atoms with Crippen molar-refractivity contribution in [3.05, 3.63) is 29.8 Å². The van der Waals surface area contributed by atoms with E-state index in [1.54, 1.807) is 16.4 Å². The molecule has 0 spiro atoms. The van der Waals surface area contributed by atoms with E-state index >= 15 is 0 Å². The van der Waals surface area contributed by atoms with Crippen LogP contribution in [0.25, 0.3) is 0 Å². The predicted octanol–water partition coefficient (Wildman–Crippen LogP) is 3.51. The number of nitrogens with one attached hydrogen (secondary N) is 1. The first-order valence-electron chi connectivity index (χ1n) is 11.0. The molecule has 1 unspecified atom stereocenters. The van der Waals surface area contributed by atoms with Crippen LogP contribution in [0.1, 0.15) is 70.3 Å². The van der Waals surface area contributed by atoms with E-state index in [1.165, 1.54) is 12.8 Å². The van der Waals surface area contributed by atoms with Gasteiger partial charge in [-0.25, -0.2) is 13.4 Å². The summed E-state index contributed by atoms with van der Waals surface area (Å²) < 4.78 is 27.7. The molecule has 6 nitrogen and oxygen atoms in total. The van der Waals surface area contributed by atoms with Crippen molar-refractivity contribution in [1.29, 1.82) is 0 Å². The van der Waals surface area contributed by atoms with E-state index < -0.39 is 10.0 Å². The molecule has 0 radical (unpaired) electrons. The summed E-state index contributed by atoms with van der Waals surface area (Å²) in [7, 11) is -3.51. The average molecular weight is 422 g/mol. The first kappa shape index (κ1) is 22.2. The van der Waals surface area contributed by atoms with Gasteiger partial charge in [-0.15, -0.1) is 0 Å². The van der Waals surface area contributed by atoms with Crippen molar-refractivity contribution in [2.24, 2.45) is 5.92 Å². The first-order chi connectivity index (χ1) is 13.9. The quantitative estimate of drug-likeness (QED) is 0.763. The molecular formula is C22H35N3O3S. The molecule has 2 aliphatic heterocycles. The molecule has 0 aromatic heterocycles. The van der Waals surface area contributed by atoms with E-state index in [0.29, 0.717) is 30.3 Å². The van der Waals surface area contributed by atoms with E-state index in [1.807, 2.05) is 17.1 Å². The van der Waals surface area contributed by atoms with E-state index in [4.69, 9.17) is 0 Å². The number of nitrogens with zero attached hydrogens (tertiary/aromatic N) is 2. The number of hydrogen-bond donors (Lipinski definition) is 1. The highest BCUT2D eigenvalue weighted by Crippen LogP contribution is 2.26. The van der Waals surface area contributed by atoms with Gasteiger partial charge in [0.2, 0.25) is 15.9 Å². The summed E-state index contributed by atoms with van der Waals surface area (Å²) in [6.07, 6.45) is 6.75. The van der Waals surface area contributed by atoms with Gasteiger partial charge in [-0.3, -0.25) is 10.2 Å². The lowest BCUT2D eigenvalue weighted by molar-refractivity contribution is -0.127. The van der Waals surface area contributed by atoms with Gasteiger partial charge in [-0.1, -0.05) is 38.8 Å². The topological polar surface area (TPSA) is 69.7 Å². The van der Waals surface area contributed by atoms with Crippen LogP contribution in [0.3, 0.4) is 0 Å². The summed E-state index contributed by atoms with van der Waals surface area (Å²) >= 11 is 0. The number of hydrogen-bond acceptors (Lipinski definition) is 4. The Balaban J connectivity index is 1.58. The second-order valence-electron chi connectivity index (χ2n) is 8.74. The Bertz CT molecular complexity index is 769. The lowest BCUT2D eigenvalue weighted by Crippen LogP contribution is -2.45. The fourth-order valence-electron chi connectivity index (χ4n) is 4.25. The summed E-state index contributed by atoms with van der Waals surface area (Å²) in [6.45, 7) is 6.94. The Labute approximate surface area is 175 Å². The predicted molar refractivity (Wildman–Crippen MR) is 115 cm³/mol. The van der Waals surface area contributed by atoms with Crippen molar-refractivity contribution in [3.8, 4) is 0 Å². The number of sulfonamides is 1. The molecule has 1 atom stereocenters. The van der Waals surface area contributed by atoms with Gasteiger partial charge in [0, 0.05) is 32.6 Å². The fraction of sp³-hybridized carbons (Fsp3) is 0.682. The molecule has 2 saturated heterocycles. The maximum Gasteiger partial charge on any atom is 0.243 e. The smallest absolute Gasteiger partial charge is 0.243 e. The highest BCUT2D eigenvalue weighted by molar-refractivity contribution is 7.89. The number of carbonyl (C=O) groups excluding carboxylic acids is 1. The third-order valence-corrected chi connectivity index (χ3v) is 7.91. The van der Waals surface area contributed by atoms with E-state index in [0.717, 1.165) is 44.3 Å². The van der Waals surface area contributed by atoms with Crippen molar-refractivity contribution in [2.75, 3.05) is 26.2 Å². The zero-order chi connectivity index (χ0) is 20.9. The second kappa shape index (κ2) is 10.0. The van der Waals surface area contributed by atoms with Crippen molar-refractivity contribution in [3.63, 3.8) is 0 Å². The summed E-state index contributed by atoms with van der Waals surface area (Å²) in [5.41, 5.74) is 4.16. The van der Waals surface area contributed by atoms with Gasteiger partial charge in [0.25, 0.3) is 0 Å². The molecular weight excluding hydrogens is 386 g/mol. The van der Waals surface area contributed by atoms with Crippen LogP contribution in [0.2, 0.25) is 0 Å². The van der Waals surface area contributed by atoms with Crippen LogP contribution >= 0.6 is 0 Å². The monoisotopic (exact) mass is 421 g/mol. The molecule has 29 heavy (non-hydrogen) atoms. The van der Waals surface area contributed by atoms with Gasteiger partial charge in [0.05, 0.1) is 4.90 Å². The molecule has 1 aromatic rings. The van der Waals surface area contributed by atoms with E-state index in [2.05, 4.69) is 19.3 Å². The lowest BCUT2D eigenvalue weighted by Gasteiger charge is -2.32. The molecule has 2 fully saturated rings. The van der Waals surface area contributed by atoms with Gasteiger partial charge in [-0.2, -0.15) is 4.31 Å². The zero-order valence-corrected chi connectivity index (χ0v) is 18.6. The maximum atomic E-state index is 13.1. The SMILES string of the molecule is CC(C)c1ccc(S(=O)(=O)N2CCCC(CC(=O)NN3CCCCCC3)C2)cc1. The summed E-state index contributed by atoms with van der Waals surface area (Å²) in [5, 5.41) is 2.03. The molecule has 1 amide bonds. The zero-order valence-electron chi connectivity index (χ0n) is 17.8. The molecule has 0 saturated carbocycles. The molecule has 0 bridgehead atoms. The van der Waals surface area contributed by atoms with Crippen molar-refractivity contribution < 1.29 is 13.2 Å². The third-order valence-electron chi connectivity index (χ3n) is 6.03. The molecule has 3 rings (SSSR count). The normalized spacial score (nSPS) is 22.4.